The maximum absolute atomic E-state index is 11.5. The summed E-state index contributed by atoms with van der Waals surface area (Å²) in [7, 11) is 0. The Labute approximate surface area is 159 Å². The summed E-state index contributed by atoms with van der Waals surface area (Å²) in [4.78, 5) is 22.7. The predicted octanol–water partition coefficient (Wildman–Crippen LogP) is 2.84. The number of halogens is 2. The molecule has 138 valence electrons. The number of hydrogen-bond donors (Lipinski definition) is 1. The molecule has 1 aromatic carbocycles. The van der Waals surface area contributed by atoms with Crippen molar-refractivity contribution in [2.45, 2.75) is 50.5 Å². The summed E-state index contributed by atoms with van der Waals surface area (Å²) in [5.41, 5.74) is 2.45. The molecule has 0 amide bonds. The number of alkyl halides is 1. The zero-order chi connectivity index (χ0) is 18.7. The lowest BCUT2D eigenvalue weighted by Gasteiger charge is -2.39. The second-order valence-corrected chi connectivity index (χ2v) is 6.87. The van der Waals surface area contributed by atoms with Crippen LogP contribution in [0.25, 0.3) is 0 Å². The maximum Gasteiger partial charge on any atom is 0.303 e. The molecule has 4 atom stereocenters. The summed E-state index contributed by atoms with van der Waals surface area (Å²) in [6.45, 7) is 4.34. The molecule has 0 radical (unpaired) electrons. The van der Waals surface area contributed by atoms with Gasteiger partial charge in [-0.25, -0.2) is 0 Å². The standard InChI is InChI=1S/C17H20BrClO6/c1-8-4-13(19)11(6-18)5-12(8)16-17(25-10(3)21)15(22)14(7-23-16)24-9(2)20/h4-5,14-17,22H,6-7H2,1-3H3/t14-,15+,16+,17-/m1/s1. The highest BCUT2D eigenvalue weighted by Crippen LogP contribution is 2.36. The smallest absolute Gasteiger partial charge is 0.303 e. The van der Waals surface area contributed by atoms with E-state index in [0.717, 1.165) is 16.7 Å². The highest BCUT2D eigenvalue weighted by Gasteiger charge is 2.44. The van der Waals surface area contributed by atoms with E-state index in [2.05, 4.69) is 15.9 Å². The molecule has 1 aliphatic rings. The molecular formula is C17H20BrClO6. The summed E-state index contributed by atoms with van der Waals surface area (Å²) >= 11 is 9.58. The minimum Gasteiger partial charge on any atom is -0.457 e. The number of aliphatic hydroxyl groups excluding tert-OH is 1. The van der Waals surface area contributed by atoms with Crippen LogP contribution in [-0.4, -0.2) is 42.0 Å². The fourth-order valence-corrected chi connectivity index (χ4v) is 3.75. The summed E-state index contributed by atoms with van der Waals surface area (Å²) in [5, 5.41) is 11.7. The van der Waals surface area contributed by atoms with E-state index in [0.29, 0.717) is 10.4 Å². The van der Waals surface area contributed by atoms with Crippen molar-refractivity contribution in [1.29, 1.82) is 0 Å². The Hall–Kier alpha value is -1.15. The molecule has 1 heterocycles. The third kappa shape index (κ3) is 4.73. The lowest BCUT2D eigenvalue weighted by molar-refractivity contribution is -0.217. The molecule has 1 N–H and O–H groups in total. The van der Waals surface area contributed by atoms with Crippen molar-refractivity contribution < 1.29 is 28.9 Å². The van der Waals surface area contributed by atoms with E-state index in [1.807, 2.05) is 13.0 Å². The van der Waals surface area contributed by atoms with Crippen molar-refractivity contribution in [2.75, 3.05) is 6.61 Å². The molecule has 8 heteroatoms. The van der Waals surface area contributed by atoms with Gasteiger partial charge in [-0.15, -0.1) is 0 Å². The molecule has 0 aromatic heterocycles. The molecule has 0 unspecified atom stereocenters. The van der Waals surface area contributed by atoms with Crippen LogP contribution >= 0.6 is 27.5 Å². The van der Waals surface area contributed by atoms with Crippen LogP contribution in [-0.2, 0) is 29.1 Å². The van der Waals surface area contributed by atoms with E-state index in [9.17, 15) is 14.7 Å². The van der Waals surface area contributed by atoms with E-state index in [1.54, 1.807) is 6.07 Å². The van der Waals surface area contributed by atoms with Crippen molar-refractivity contribution in [3.8, 4) is 0 Å². The van der Waals surface area contributed by atoms with Gasteiger partial charge in [0.15, 0.2) is 12.2 Å². The number of rotatable bonds is 4. The van der Waals surface area contributed by atoms with Crippen LogP contribution in [0.5, 0.6) is 0 Å². The third-order valence-electron chi connectivity index (χ3n) is 3.96. The molecule has 1 fully saturated rings. The van der Waals surface area contributed by atoms with Crippen molar-refractivity contribution in [1.82, 2.24) is 0 Å². The van der Waals surface area contributed by atoms with E-state index in [-0.39, 0.29) is 6.61 Å². The van der Waals surface area contributed by atoms with E-state index in [1.165, 1.54) is 13.8 Å². The monoisotopic (exact) mass is 434 g/mol. The van der Waals surface area contributed by atoms with Crippen LogP contribution in [0.15, 0.2) is 12.1 Å². The molecule has 0 spiro atoms. The van der Waals surface area contributed by atoms with Gasteiger partial charge in [-0.3, -0.25) is 9.59 Å². The van der Waals surface area contributed by atoms with Gasteiger partial charge in [-0.05, 0) is 29.7 Å². The number of esters is 2. The third-order valence-corrected chi connectivity index (χ3v) is 4.92. The fraction of sp³-hybridized carbons (Fsp3) is 0.529. The first-order valence-electron chi connectivity index (χ1n) is 7.73. The van der Waals surface area contributed by atoms with Crippen molar-refractivity contribution >= 4 is 39.5 Å². The van der Waals surface area contributed by atoms with Crippen molar-refractivity contribution in [2.24, 2.45) is 0 Å². The Morgan fingerprint density at radius 2 is 1.96 bits per heavy atom. The predicted molar refractivity (Wildman–Crippen MR) is 94.6 cm³/mol. The Kier molecular flexibility index (Phi) is 6.85. The molecule has 6 nitrogen and oxygen atoms in total. The lowest BCUT2D eigenvalue weighted by atomic mass is 9.91. The zero-order valence-electron chi connectivity index (χ0n) is 14.1. The second kappa shape index (κ2) is 8.49. The summed E-state index contributed by atoms with van der Waals surface area (Å²) in [6, 6.07) is 3.65. The average Bonchev–Trinajstić information content (AvgIpc) is 2.51. The van der Waals surface area contributed by atoms with Gasteiger partial charge in [0.05, 0.1) is 6.61 Å². The molecule has 0 saturated carbocycles. The average molecular weight is 436 g/mol. The van der Waals surface area contributed by atoms with Crippen LogP contribution in [0.3, 0.4) is 0 Å². The van der Waals surface area contributed by atoms with Crippen LogP contribution in [0, 0.1) is 6.92 Å². The zero-order valence-corrected chi connectivity index (χ0v) is 16.5. The SMILES string of the molecule is CC(=O)O[C@@H]1[C@@H](O)[C@H](OC(C)=O)CO[C@H]1c1cc(CBr)c(Cl)cc1C. The minimum atomic E-state index is -1.20. The van der Waals surface area contributed by atoms with Gasteiger partial charge in [0, 0.05) is 24.2 Å². The highest BCUT2D eigenvalue weighted by atomic mass is 79.9. The maximum atomic E-state index is 11.5. The molecule has 1 aromatic rings. The first-order valence-corrected chi connectivity index (χ1v) is 9.23. The fourth-order valence-electron chi connectivity index (χ4n) is 2.83. The van der Waals surface area contributed by atoms with Crippen molar-refractivity contribution in [3.05, 3.63) is 33.8 Å². The normalized spacial score (nSPS) is 26.2. The Morgan fingerprint density at radius 1 is 1.32 bits per heavy atom. The first-order chi connectivity index (χ1) is 11.7. The van der Waals surface area contributed by atoms with Gasteiger partial charge in [0.1, 0.15) is 12.2 Å². The molecule has 1 saturated heterocycles. The van der Waals surface area contributed by atoms with E-state index in [4.69, 9.17) is 25.8 Å². The Balaban J connectivity index is 2.38. The Morgan fingerprint density at radius 3 is 2.52 bits per heavy atom. The van der Waals surface area contributed by atoms with Crippen LogP contribution in [0.1, 0.15) is 36.6 Å². The second-order valence-electron chi connectivity index (χ2n) is 5.90. The van der Waals surface area contributed by atoms with Gasteiger partial charge >= 0.3 is 11.9 Å². The number of carbonyl (C=O) groups is 2. The van der Waals surface area contributed by atoms with Crippen LogP contribution < -0.4 is 0 Å². The molecule has 0 aliphatic carbocycles. The summed E-state index contributed by atoms with van der Waals surface area (Å²) < 4.78 is 16.2. The number of hydrogen-bond acceptors (Lipinski definition) is 6. The van der Waals surface area contributed by atoms with Crippen LogP contribution in [0.2, 0.25) is 5.02 Å². The molecule has 1 aliphatic heterocycles. The number of carbonyl (C=O) groups excluding carboxylic acids is 2. The highest BCUT2D eigenvalue weighted by molar-refractivity contribution is 9.08. The van der Waals surface area contributed by atoms with Gasteiger partial charge in [-0.1, -0.05) is 33.6 Å². The number of aliphatic hydroxyl groups is 1. The number of benzene rings is 1. The largest absolute Gasteiger partial charge is 0.457 e. The first kappa shape index (κ1) is 20.2. The molecule has 0 bridgehead atoms. The van der Waals surface area contributed by atoms with E-state index >= 15 is 0 Å². The van der Waals surface area contributed by atoms with Gasteiger partial charge < -0.3 is 19.3 Å². The molecule has 25 heavy (non-hydrogen) atoms. The number of aryl methyl sites for hydroxylation is 1. The quantitative estimate of drug-likeness (QED) is 0.578. The Bertz CT molecular complexity index is 665. The molecule has 2 rings (SSSR count). The number of ether oxygens (including phenoxy) is 3. The van der Waals surface area contributed by atoms with Crippen molar-refractivity contribution in [3.63, 3.8) is 0 Å². The van der Waals surface area contributed by atoms with Gasteiger partial charge in [0.25, 0.3) is 0 Å². The lowest BCUT2D eigenvalue weighted by Crippen LogP contribution is -2.52. The topological polar surface area (TPSA) is 82.1 Å². The summed E-state index contributed by atoms with van der Waals surface area (Å²) in [6.07, 6.45) is -3.80. The van der Waals surface area contributed by atoms with Crippen LogP contribution in [0.4, 0.5) is 0 Å². The minimum absolute atomic E-state index is 0.00507. The molecular weight excluding hydrogens is 416 g/mol. The van der Waals surface area contributed by atoms with Gasteiger partial charge in [-0.2, -0.15) is 0 Å². The summed E-state index contributed by atoms with van der Waals surface area (Å²) in [5.74, 6) is -1.11. The van der Waals surface area contributed by atoms with E-state index < -0.39 is 36.4 Å². The van der Waals surface area contributed by atoms with Gasteiger partial charge in [0.2, 0.25) is 0 Å².